The number of aromatic hydroxyl groups is 1. The van der Waals surface area contributed by atoms with Crippen molar-refractivity contribution in [1.82, 2.24) is 10.2 Å². The second kappa shape index (κ2) is 9.62. The van der Waals surface area contributed by atoms with Crippen molar-refractivity contribution in [3.05, 3.63) is 29.8 Å². The number of carbonyl (C=O) groups excluding carboxylic acids is 1. The Kier molecular flexibility index (Phi) is 6.90. The molecule has 30 heavy (non-hydrogen) atoms. The van der Waals surface area contributed by atoms with Crippen molar-refractivity contribution in [3.8, 4) is 5.75 Å². The second-order valence-electron chi connectivity index (χ2n) is 10.5. The number of nitrogens with zero attached hydrogens (tertiary/aromatic N) is 1. The monoisotopic (exact) mass is 412 g/mol. The average molecular weight is 413 g/mol. The van der Waals surface area contributed by atoms with Crippen LogP contribution in [0.3, 0.4) is 0 Å². The van der Waals surface area contributed by atoms with Crippen LogP contribution in [-0.4, -0.2) is 35.7 Å². The van der Waals surface area contributed by atoms with E-state index in [2.05, 4.69) is 17.1 Å². The third kappa shape index (κ3) is 5.31. The third-order valence-electron chi connectivity index (χ3n) is 8.02. The number of nitrogens with one attached hydrogen (secondary N) is 1. The van der Waals surface area contributed by atoms with E-state index in [1.807, 2.05) is 12.1 Å². The van der Waals surface area contributed by atoms with Gasteiger partial charge >= 0.3 is 6.03 Å². The molecule has 0 aliphatic heterocycles. The number of phenolic OH excluding ortho intramolecular Hbond substituents is 1. The van der Waals surface area contributed by atoms with Crippen LogP contribution in [0.15, 0.2) is 24.3 Å². The van der Waals surface area contributed by atoms with Gasteiger partial charge in [-0.3, -0.25) is 0 Å². The molecule has 4 bridgehead atoms. The molecule has 1 aromatic rings. The van der Waals surface area contributed by atoms with Crippen LogP contribution in [0, 0.1) is 23.2 Å². The molecule has 0 unspecified atom stereocenters. The highest BCUT2D eigenvalue weighted by Gasteiger charge is 2.50. The van der Waals surface area contributed by atoms with Crippen LogP contribution in [0.1, 0.15) is 76.7 Å². The van der Waals surface area contributed by atoms with Crippen molar-refractivity contribution in [1.29, 1.82) is 0 Å². The molecule has 4 fully saturated rings. The molecule has 4 heteroatoms. The van der Waals surface area contributed by atoms with Crippen LogP contribution in [0.5, 0.6) is 5.75 Å². The number of amides is 2. The lowest BCUT2D eigenvalue weighted by molar-refractivity contribution is -0.0596. The Morgan fingerprint density at radius 2 is 1.67 bits per heavy atom. The van der Waals surface area contributed by atoms with Crippen LogP contribution < -0.4 is 5.32 Å². The van der Waals surface area contributed by atoms with E-state index < -0.39 is 0 Å². The molecule has 1 aromatic carbocycles. The maximum absolute atomic E-state index is 13.0. The minimum atomic E-state index is 0.106. The first-order valence-corrected chi connectivity index (χ1v) is 12.4. The summed E-state index contributed by atoms with van der Waals surface area (Å²) in [7, 11) is 0. The molecule has 4 aliphatic carbocycles. The Bertz CT molecular complexity index is 664. The summed E-state index contributed by atoms with van der Waals surface area (Å²) in [5.74, 6) is 3.21. The van der Waals surface area contributed by atoms with Gasteiger partial charge in [0.1, 0.15) is 5.75 Å². The van der Waals surface area contributed by atoms with Crippen LogP contribution in [0.25, 0.3) is 0 Å². The second-order valence-corrected chi connectivity index (χ2v) is 10.5. The maximum Gasteiger partial charge on any atom is 0.317 e. The average Bonchev–Trinajstić information content (AvgIpc) is 2.71. The normalized spacial score (nSPS) is 29.2. The molecule has 2 amide bonds. The van der Waals surface area contributed by atoms with E-state index in [0.717, 1.165) is 49.2 Å². The van der Waals surface area contributed by atoms with Gasteiger partial charge in [-0.2, -0.15) is 0 Å². The molecule has 4 saturated carbocycles. The number of rotatable bonds is 10. The van der Waals surface area contributed by atoms with Crippen molar-refractivity contribution >= 4 is 6.03 Å². The molecule has 0 aromatic heterocycles. The number of benzene rings is 1. The van der Waals surface area contributed by atoms with Gasteiger partial charge in [-0.05, 0) is 98.7 Å². The first kappa shape index (κ1) is 21.5. The van der Waals surface area contributed by atoms with Gasteiger partial charge in [-0.25, -0.2) is 4.79 Å². The van der Waals surface area contributed by atoms with E-state index in [0.29, 0.717) is 12.0 Å². The predicted molar refractivity (Wildman–Crippen MR) is 122 cm³/mol. The largest absolute Gasteiger partial charge is 0.508 e. The fraction of sp³-hybridized carbons (Fsp3) is 0.731. The Morgan fingerprint density at radius 1 is 1.03 bits per heavy atom. The van der Waals surface area contributed by atoms with Crippen LogP contribution in [-0.2, 0) is 6.42 Å². The van der Waals surface area contributed by atoms with Gasteiger partial charge in [0.2, 0.25) is 0 Å². The molecule has 166 valence electrons. The van der Waals surface area contributed by atoms with Crippen molar-refractivity contribution in [3.63, 3.8) is 0 Å². The number of unbranched alkanes of at least 4 members (excludes halogenated alkanes) is 2. The van der Waals surface area contributed by atoms with Crippen LogP contribution in [0.4, 0.5) is 4.79 Å². The van der Waals surface area contributed by atoms with Crippen LogP contribution in [0.2, 0.25) is 0 Å². The Labute approximate surface area is 182 Å². The SMILES string of the molecule is CCCCCN(CCC12CC3CC(CC(C3)C1)C2)C(=O)NCCc1ccc(O)cc1. The first-order chi connectivity index (χ1) is 14.5. The highest BCUT2D eigenvalue weighted by molar-refractivity contribution is 5.74. The van der Waals surface area contributed by atoms with Gasteiger partial charge in [0.05, 0.1) is 0 Å². The zero-order chi connectivity index (χ0) is 21.0. The highest BCUT2D eigenvalue weighted by Crippen LogP contribution is 2.61. The smallest absolute Gasteiger partial charge is 0.317 e. The number of hydrogen-bond donors (Lipinski definition) is 2. The van der Waals surface area contributed by atoms with E-state index in [1.165, 1.54) is 57.8 Å². The summed E-state index contributed by atoms with van der Waals surface area (Å²) in [5.41, 5.74) is 1.67. The zero-order valence-electron chi connectivity index (χ0n) is 18.7. The first-order valence-electron chi connectivity index (χ1n) is 12.4. The maximum atomic E-state index is 13.0. The van der Waals surface area contributed by atoms with Crippen molar-refractivity contribution in [2.75, 3.05) is 19.6 Å². The molecule has 0 radical (unpaired) electrons. The predicted octanol–water partition coefficient (Wildman–Crippen LogP) is 5.74. The molecule has 2 N–H and O–H groups in total. The molecule has 4 aliphatic rings. The van der Waals surface area contributed by atoms with Crippen molar-refractivity contribution in [2.24, 2.45) is 23.2 Å². The van der Waals surface area contributed by atoms with Gasteiger partial charge in [0, 0.05) is 19.6 Å². The lowest BCUT2D eigenvalue weighted by Crippen LogP contribution is -2.48. The standard InChI is InChI=1S/C26H40N2O2/c1-2-3-4-12-28(25(30)27-11-9-20-5-7-24(29)8-6-20)13-10-26-17-21-14-22(18-26)16-23(15-21)19-26/h5-8,21-23,29H,2-4,9-19H2,1H3,(H,27,30). The van der Waals surface area contributed by atoms with Gasteiger partial charge < -0.3 is 15.3 Å². The third-order valence-corrected chi connectivity index (χ3v) is 8.02. The minimum absolute atomic E-state index is 0.106. The molecular formula is C26H40N2O2. The number of phenols is 1. The fourth-order valence-electron chi connectivity index (χ4n) is 6.92. The minimum Gasteiger partial charge on any atom is -0.508 e. The molecule has 4 nitrogen and oxygen atoms in total. The molecule has 0 atom stereocenters. The zero-order valence-corrected chi connectivity index (χ0v) is 18.7. The Morgan fingerprint density at radius 3 is 2.27 bits per heavy atom. The molecular weight excluding hydrogens is 372 g/mol. The van der Waals surface area contributed by atoms with E-state index in [9.17, 15) is 9.90 Å². The summed E-state index contributed by atoms with van der Waals surface area (Å²) in [5, 5.41) is 12.6. The van der Waals surface area contributed by atoms with Crippen molar-refractivity contribution in [2.45, 2.75) is 77.6 Å². The number of carbonyl (C=O) groups is 1. The number of urea groups is 1. The summed E-state index contributed by atoms with van der Waals surface area (Å²) in [6.07, 6.45) is 14.2. The van der Waals surface area contributed by atoms with Gasteiger partial charge in [0.25, 0.3) is 0 Å². The van der Waals surface area contributed by atoms with E-state index in [-0.39, 0.29) is 11.8 Å². The highest BCUT2D eigenvalue weighted by atomic mass is 16.3. The van der Waals surface area contributed by atoms with E-state index >= 15 is 0 Å². The molecule has 0 heterocycles. The van der Waals surface area contributed by atoms with E-state index in [4.69, 9.17) is 0 Å². The van der Waals surface area contributed by atoms with Gasteiger partial charge in [-0.1, -0.05) is 31.9 Å². The molecule has 5 rings (SSSR count). The summed E-state index contributed by atoms with van der Waals surface area (Å²) in [6, 6.07) is 7.37. The summed E-state index contributed by atoms with van der Waals surface area (Å²) in [4.78, 5) is 15.1. The quantitative estimate of drug-likeness (QED) is 0.481. The molecule has 0 saturated heterocycles. The Balaban J connectivity index is 1.29. The van der Waals surface area contributed by atoms with Gasteiger partial charge in [0.15, 0.2) is 0 Å². The fourth-order valence-corrected chi connectivity index (χ4v) is 6.92. The summed E-state index contributed by atoms with van der Waals surface area (Å²) < 4.78 is 0. The van der Waals surface area contributed by atoms with Crippen LogP contribution >= 0.6 is 0 Å². The molecule has 0 spiro atoms. The number of hydrogen-bond acceptors (Lipinski definition) is 2. The van der Waals surface area contributed by atoms with Gasteiger partial charge in [-0.15, -0.1) is 0 Å². The lowest BCUT2D eigenvalue weighted by Gasteiger charge is -2.57. The van der Waals surface area contributed by atoms with Crippen molar-refractivity contribution < 1.29 is 9.90 Å². The lowest BCUT2D eigenvalue weighted by atomic mass is 9.49. The van der Waals surface area contributed by atoms with E-state index in [1.54, 1.807) is 12.1 Å². The topological polar surface area (TPSA) is 52.6 Å². The summed E-state index contributed by atoms with van der Waals surface area (Å²) >= 11 is 0. The summed E-state index contributed by atoms with van der Waals surface area (Å²) in [6.45, 7) is 4.66. The Hall–Kier alpha value is -1.71.